The van der Waals surface area contributed by atoms with Crippen LogP contribution >= 0.6 is 0 Å². The first-order chi connectivity index (χ1) is 28.3. The Kier molecular flexibility index (Phi) is 10.9. The molecule has 4 heterocycles. The number of hydrogen-bond acceptors (Lipinski definition) is 8. The summed E-state index contributed by atoms with van der Waals surface area (Å²) in [5.41, 5.74) is 5.25. The van der Waals surface area contributed by atoms with Crippen molar-refractivity contribution in [3.8, 4) is 23.1 Å². The summed E-state index contributed by atoms with van der Waals surface area (Å²) in [5.74, 6) is 8.64. The van der Waals surface area contributed by atoms with Gasteiger partial charge >= 0.3 is 12.2 Å². The Bertz CT molecular complexity index is 2290. The summed E-state index contributed by atoms with van der Waals surface area (Å²) in [4.78, 5) is 72.5. The van der Waals surface area contributed by atoms with Gasteiger partial charge in [-0.3, -0.25) is 9.59 Å². The SMILES string of the molecule is COC(=O)N[C@H](C(=O)N1CC(C2CC2)C[C@H]1c1ncc(-c2ccc(C#Cc3ccc4nc([C@@H]5CC6(CC6)CN5C(=O)[C@@H](NC(=O)OC)C(C)C)[nH]c4c3)cc2)[nH]1)C(C)C. The van der Waals surface area contributed by atoms with Crippen LogP contribution in [0, 0.1) is 40.9 Å². The molecular weight excluding hydrogens is 749 g/mol. The van der Waals surface area contributed by atoms with Crippen LogP contribution in [0.1, 0.15) is 101 Å². The molecule has 8 rings (SSSR count). The molecule has 1 spiro atoms. The number of alkyl carbamates (subject to hydrolysis) is 2. The predicted molar refractivity (Wildman–Crippen MR) is 220 cm³/mol. The summed E-state index contributed by atoms with van der Waals surface area (Å²) in [6.07, 6.45) is 6.78. The molecule has 14 nitrogen and oxygen atoms in total. The van der Waals surface area contributed by atoms with E-state index in [0.717, 1.165) is 70.7 Å². The number of likely N-dealkylation sites (tertiary alicyclic amines) is 2. The molecule has 2 aromatic carbocycles. The van der Waals surface area contributed by atoms with E-state index >= 15 is 0 Å². The molecule has 2 saturated heterocycles. The first kappa shape index (κ1) is 40.0. The van der Waals surface area contributed by atoms with Crippen molar-refractivity contribution in [1.29, 1.82) is 0 Å². The van der Waals surface area contributed by atoms with Crippen molar-refractivity contribution in [3.05, 3.63) is 71.4 Å². The lowest BCUT2D eigenvalue weighted by Crippen LogP contribution is -2.51. The molecule has 2 aliphatic carbocycles. The second-order valence-corrected chi connectivity index (χ2v) is 17.6. The molecular formula is C45H54N8O6. The van der Waals surface area contributed by atoms with Crippen LogP contribution < -0.4 is 10.6 Å². The van der Waals surface area contributed by atoms with Gasteiger partial charge in [0.05, 0.1) is 49.2 Å². The van der Waals surface area contributed by atoms with Crippen LogP contribution in [0.2, 0.25) is 0 Å². The standard InChI is InChI=1S/C45H54N8O6/c1-25(2)37(50-43(56)58-5)41(54)52-23-31(29-14-15-29)20-35(52)39-46-22-34(49-39)30-12-9-27(10-13-30)7-8-28-11-16-32-33(19-28)48-40(47-32)36-21-45(17-18-45)24-53(36)42(55)38(26(3)4)51-44(57)59-6/h9-13,16,19,22,25-26,29,31,35-38H,14-15,17-18,20-21,23-24H2,1-6H3,(H,46,49)(H,47,48)(H,50,56)(H,51,57)/t31?,35-,36-,37-,38-/m0/s1. The molecule has 2 aromatic heterocycles. The molecule has 0 radical (unpaired) electrons. The number of fused-ring (bicyclic) bond motifs is 1. The van der Waals surface area contributed by atoms with E-state index in [9.17, 15) is 19.2 Å². The minimum atomic E-state index is -0.696. The maximum absolute atomic E-state index is 13.9. The van der Waals surface area contributed by atoms with Gasteiger partial charge in [0, 0.05) is 24.2 Å². The van der Waals surface area contributed by atoms with Crippen LogP contribution in [0.5, 0.6) is 0 Å². The van der Waals surface area contributed by atoms with Crippen molar-refractivity contribution in [1.82, 2.24) is 40.4 Å². The van der Waals surface area contributed by atoms with Gasteiger partial charge in [0.2, 0.25) is 11.8 Å². The van der Waals surface area contributed by atoms with E-state index < -0.39 is 24.3 Å². The third-order valence-corrected chi connectivity index (χ3v) is 12.7. The third kappa shape index (κ3) is 8.38. The van der Waals surface area contributed by atoms with Gasteiger partial charge in [-0.05, 0) is 104 Å². The number of hydrogen-bond donors (Lipinski definition) is 4. The smallest absolute Gasteiger partial charge is 0.407 e. The van der Waals surface area contributed by atoms with Crippen LogP contribution in [-0.2, 0) is 19.1 Å². The van der Waals surface area contributed by atoms with Crippen LogP contribution in [0.15, 0.2) is 48.7 Å². The third-order valence-electron chi connectivity index (χ3n) is 12.7. The van der Waals surface area contributed by atoms with Gasteiger partial charge in [0.1, 0.15) is 23.7 Å². The molecule has 4 N–H and O–H groups in total. The average Bonchev–Trinajstić information content (AvgIpc) is 3.95. The van der Waals surface area contributed by atoms with E-state index in [-0.39, 0.29) is 41.1 Å². The van der Waals surface area contributed by atoms with Crippen LogP contribution in [0.3, 0.4) is 0 Å². The maximum Gasteiger partial charge on any atom is 0.407 e. The number of nitrogens with zero attached hydrogens (tertiary/aromatic N) is 4. The number of aromatic nitrogens is 4. The first-order valence-corrected chi connectivity index (χ1v) is 20.8. The average molecular weight is 803 g/mol. The fourth-order valence-corrected chi connectivity index (χ4v) is 8.90. The maximum atomic E-state index is 13.9. The number of ether oxygens (including phenoxy) is 2. The Morgan fingerprint density at radius 2 is 1.42 bits per heavy atom. The second kappa shape index (κ2) is 16.1. The van der Waals surface area contributed by atoms with Gasteiger partial charge < -0.3 is 39.9 Å². The molecule has 4 aromatic rings. The summed E-state index contributed by atoms with van der Waals surface area (Å²) < 4.78 is 9.63. The van der Waals surface area contributed by atoms with Gasteiger partial charge in [-0.15, -0.1) is 0 Å². The lowest BCUT2D eigenvalue weighted by Gasteiger charge is -2.30. The first-order valence-electron chi connectivity index (χ1n) is 20.8. The predicted octanol–water partition coefficient (Wildman–Crippen LogP) is 6.47. The molecule has 1 unspecified atom stereocenters. The summed E-state index contributed by atoms with van der Waals surface area (Å²) in [5, 5.41) is 5.49. The highest BCUT2D eigenvalue weighted by molar-refractivity contribution is 5.87. The molecule has 0 bridgehead atoms. The van der Waals surface area contributed by atoms with Gasteiger partial charge in [0.15, 0.2) is 0 Å². The Hall–Kier alpha value is -5.84. The molecule has 2 saturated carbocycles. The molecule has 4 amide bonds. The van der Waals surface area contributed by atoms with Crippen molar-refractivity contribution >= 4 is 35.0 Å². The number of nitrogens with one attached hydrogen (secondary N) is 4. The molecule has 310 valence electrons. The Morgan fingerprint density at radius 3 is 2.03 bits per heavy atom. The van der Waals surface area contributed by atoms with E-state index in [1.807, 2.05) is 86.2 Å². The van der Waals surface area contributed by atoms with E-state index in [0.29, 0.717) is 24.9 Å². The summed E-state index contributed by atoms with van der Waals surface area (Å²) in [6, 6.07) is 12.1. The van der Waals surface area contributed by atoms with Crippen molar-refractivity contribution in [3.63, 3.8) is 0 Å². The zero-order valence-electron chi connectivity index (χ0n) is 34.6. The number of carbonyl (C=O) groups excluding carboxylic acids is 4. The Balaban J connectivity index is 0.959. The second-order valence-electron chi connectivity index (χ2n) is 17.6. The summed E-state index contributed by atoms with van der Waals surface area (Å²) in [6.45, 7) is 8.97. The minimum absolute atomic E-state index is 0.109. The number of aromatic amines is 2. The zero-order valence-corrected chi connectivity index (χ0v) is 34.6. The lowest BCUT2D eigenvalue weighted by atomic mass is 10.0. The van der Waals surface area contributed by atoms with E-state index in [4.69, 9.17) is 19.4 Å². The molecule has 2 aliphatic heterocycles. The molecule has 4 fully saturated rings. The number of rotatable bonds is 10. The highest BCUT2D eigenvalue weighted by Gasteiger charge is 2.55. The van der Waals surface area contributed by atoms with E-state index in [1.165, 1.54) is 27.1 Å². The van der Waals surface area contributed by atoms with Crippen LogP contribution in [-0.4, -0.2) is 93.1 Å². The van der Waals surface area contributed by atoms with Crippen molar-refractivity contribution < 1.29 is 28.7 Å². The van der Waals surface area contributed by atoms with E-state index in [2.05, 4.69) is 32.4 Å². The van der Waals surface area contributed by atoms with E-state index in [1.54, 1.807) is 0 Å². The van der Waals surface area contributed by atoms with Gasteiger partial charge in [-0.25, -0.2) is 19.6 Å². The number of imidazole rings is 2. The quantitative estimate of drug-likeness (QED) is 0.132. The number of amides is 4. The topological polar surface area (TPSA) is 175 Å². The monoisotopic (exact) mass is 802 g/mol. The van der Waals surface area contributed by atoms with Gasteiger partial charge in [0.25, 0.3) is 0 Å². The number of methoxy groups -OCH3 is 2. The lowest BCUT2D eigenvalue weighted by molar-refractivity contribution is -0.136. The molecule has 4 aliphatic rings. The normalized spacial score (nSPS) is 21.7. The number of H-pyrrole nitrogens is 2. The van der Waals surface area contributed by atoms with Crippen molar-refractivity contribution in [2.45, 2.75) is 90.4 Å². The van der Waals surface area contributed by atoms with Crippen molar-refractivity contribution in [2.24, 2.45) is 29.1 Å². The summed E-state index contributed by atoms with van der Waals surface area (Å²) >= 11 is 0. The van der Waals surface area contributed by atoms with Gasteiger partial charge in [-0.2, -0.15) is 0 Å². The highest BCUT2D eigenvalue weighted by atomic mass is 16.5. The van der Waals surface area contributed by atoms with Crippen LogP contribution in [0.4, 0.5) is 9.59 Å². The minimum Gasteiger partial charge on any atom is -0.453 e. The van der Waals surface area contributed by atoms with Crippen molar-refractivity contribution in [2.75, 3.05) is 27.3 Å². The number of benzene rings is 2. The van der Waals surface area contributed by atoms with Gasteiger partial charge in [-0.1, -0.05) is 51.7 Å². The summed E-state index contributed by atoms with van der Waals surface area (Å²) in [7, 11) is 2.60. The fraction of sp³-hybridized carbons (Fsp3) is 0.511. The number of carbonyl (C=O) groups is 4. The fourth-order valence-electron chi connectivity index (χ4n) is 8.90. The molecule has 59 heavy (non-hydrogen) atoms. The highest BCUT2D eigenvalue weighted by Crippen LogP contribution is 2.58. The Labute approximate surface area is 344 Å². The Morgan fingerprint density at radius 1 is 0.797 bits per heavy atom. The zero-order chi connectivity index (χ0) is 41.6. The van der Waals surface area contributed by atoms with Crippen LogP contribution in [0.25, 0.3) is 22.3 Å². The largest absolute Gasteiger partial charge is 0.453 e. The molecule has 5 atom stereocenters. The molecule has 14 heteroatoms.